The molecule has 0 unspecified atom stereocenters. The lowest BCUT2D eigenvalue weighted by Gasteiger charge is -2.13. The van der Waals surface area contributed by atoms with Crippen LogP contribution in [0.25, 0.3) is 0 Å². The first-order valence-electron chi connectivity index (χ1n) is 7.34. The number of hydrogen-bond donors (Lipinski definition) is 2. The van der Waals surface area contributed by atoms with Crippen molar-refractivity contribution in [1.82, 2.24) is 0 Å². The van der Waals surface area contributed by atoms with Crippen molar-refractivity contribution in [3.05, 3.63) is 59.7 Å². The molecule has 2 aromatic rings. The number of para-hydroxylation sites is 1. The lowest BCUT2D eigenvalue weighted by molar-refractivity contribution is 0.0696. The maximum atomic E-state index is 12.4. The molecule has 0 radical (unpaired) electrons. The Balaban J connectivity index is 2.18. The molecule has 0 aliphatic heterocycles. The Morgan fingerprint density at radius 1 is 1.13 bits per heavy atom. The average Bonchev–Trinajstić information content (AvgIpc) is 2.53. The second-order valence-corrected chi connectivity index (χ2v) is 5.54. The smallest absolute Gasteiger partial charge is 0.335 e. The van der Waals surface area contributed by atoms with Gasteiger partial charge in [-0.1, -0.05) is 32.0 Å². The topological polar surface area (TPSA) is 75.6 Å². The molecule has 1 amide bonds. The van der Waals surface area contributed by atoms with Gasteiger partial charge in [-0.2, -0.15) is 0 Å². The zero-order valence-electron chi connectivity index (χ0n) is 13.1. The van der Waals surface area contributed by atoms with Crippen molar-refractivity contribution in [3.63, 3.8) is 0 Å². The molecule has 2 aromatic carbocycles. The molecule has 0 saturated heterocycles. The quantitative estimate of drug-likeness (QED) is 0.853. The number of carbonyl (C=O) groups is 2. The minimum absolute atomic E-state index is 0.118. The zero-order valence-corrected chi connectivity index (χ0v) is 13.1. The summed E-state index contributed by atoms with van der Waals surface area (Å²) in [5.74, 6) is -0.528. The highest BCUT2D eigenvalue weighted by atomic mass is 16.5. The number of carbonyl (C=O) groups excluding carboxylic acids is 1. The minimum Gasteiger partial charge on any atom is -0.492 e. The Morgan fingerprint density at radius 3 is 2.57 bits per heavy atom. The van der Waals surface area contributed by atoms with Crippen LogP contribution < -0.4 is 10.1 Å². The van der Waals surface area contributed by atoms with Gasteiger partial charge in [0.25, 0.3) is 5.91 Å². The van der Waals surface area contributed by atoms with Crippen molar-refractivity contribution >= 4 is 17.6 Å². The van der Waals surface area contributed by atoms with Gasteiger partial charge < -0.3 is 15.2 Å². The molecular weight excluding hydrogens is 294 g/mol. The van der Waals surface area contributed by atoms with Gasteiger partial charge in [0, 0.05) is 5.69 Å². The summed E-state index contributed by atoms with van der Waals surface area (Å²) in [4.78, 5) is 23.4. The number of amides is 1. The Morgan fingerprint density at radius 2 is 1.87 bits per heavy atom. The van der Waals surface area contributed by atoms with Crippen LogP contribution in [0.1, 0.15) is 34.6 Å². The molecule has 2 rings (SSSR count). The van der Waals surface area contributed by atoms with E-state index in [1.807, 2.05) is 13.8 Å². The van der Waals surface area contributed by atoms with E-state index in [0.29, 0.717) is 29.5 Å². The molecule has 0 atom stereocenters. The summed E-state index contributed by atoms with van der Waals surface area (Å²) in [5.41, 5.74) is 0.953. The summed E-state index contributed by atoms with van der Waals surface area (Å²) in [6.07, 6.45) is 0. The van der Waals surface area contributed by atoms with Crippen LogP contribution in [0.2, 0.25) is 0 Å². The summed E-state index contributed by atoms with van der Waals surface area (Å²) in [6, 6.07) is 13.1. The monoisotopic (exact) mass is 313 g/mol. The highest BCUT2D eigenvalue weighted by molar-refractivity contribution is 6.06. The largest absolute Gasteiger partial charge is 0.492 e. The first-order valence-corrected chi connectivity index (χ1v) is 7.34. The number of carboxylic acids is 1. The van der Waals surface area contributed by atoms with Crippen molar-refractivity contribution in [2.75, 3.05) is 11.9 Å². The molecule has 0 aromatic heterocycles. The molecule has 5 heteroatoms. The van der Waals surface area contributed by atoms with Gasteiger partial charge in [0.1, 0.15) is 5.75 Å². The number of aromatic carboxylic acids is 1. The van der Waals surface area contributed by atoms with E-state index in [4.69, 9.17) is 9.84 Å². The zero-order chi connectivity index (χ0) is 16.8. The van der Waals surface area contributed by atoms with E-state index >= 15 is 0 Å². The fourth-order valence-corrected chi connectivity index (χ4v) is 1.96. The summed E-state index contributed by atoms with van der Waals surface area (Å²) in [5, 5.41) is 11.7. The van der Waals surface area contributed by atoms with Gasteiger partial charge in [-0.05, 0) is 36.2 Å². The summed E-state index contributed by atoms with van der Waals surface area (Å²) in [7, 11) is 0. The Hall–Kier alpha value is -2.82. The second kappa shape index (κ2) is 7.45. The number of nitrogens with one attached hydrogen (secondary N) is 1. The van der Waals surface area contributed by atoms with E-state index in [2.05, 4.69) is 5.32 Å². The van der Waals surface area contributed by atoms with E-state index in [1.54, 1.807) is 36.4 Å². The minimum atomic E-state index is -1.04. The first kappa shape index (κ1) is 16.5. The Bertz CT molecular complexity index is 710. The maximum Gasteiger partial charge on any atom is 0.335 e. The van der Waals surface area contributed by atoms with Gasteiger partial charge in [0.15, 0.2) is 0 Å². The van der Waals surface area contributed by atoms with E-state index in [0.717, 1.165) is 0 Å². The molecule has 0 saturated carbocycles. The third kappa shape index (κ3) is 4.57. The number of ether oxygens (including phenoxy) is 1. The lowest BCUT2D eigenvalue weighted by atomic mass is 10.1. The summed E-state index contributed by atoms with van der Waals surface area (Å²) in [6.45, 7) is 4.57. The van der Waals surface area contributed by atoms with E-state index < -0.39 is 5.97 Å². The standard InChI is InChI=1S/C18H19NO4/c1-12(2)11-23-16-9-4-3-8-15(16)17(20)19-14-7-5-6-13(10-14)18(21)22/h3-10,12H,11H2,1-2H3,(H,19,20)(H,21,22). The van der Waals surface area contributed by atoms with E-state index in [-0.39, 0.29) is 11.5 Å². The summed E-state index contributed by atoms with van der Waals surface area (Å²) < 4.78 is 5.66. The molecule has 0 fully saturated rings. The summed E-state index contributed by atoms with van der Waals surface area (Å²) >= 11 is 0. The fraction of sp³-hybridized carbons (Fsp3) is 0.222. The van der Waals surface area contributed by atoms with Gasteiger partial charge in [0.05, 0.1) is 17.7 Å². The maximum absolute atomic E-state index is 12.4. The van der Waals surface area contributed by atoms with Gasteiger partial charge in [0.2, 0.25) is 0 Å². The molecule has 23 heavy (non-hydrogen) atoms. The third-order valence-corrected chi connectivity index (χ3v) is 3.07. The Kier molecular flexibility index (Phi) is 5.36. The van der Waals surface area contributed by atoms with Crippen LogP contribution in [0.5, 0.6) is 5.75 Å². The van der Waals surface area contributed by atoms with Gasteiger partial charge in [-0.15, -0.1) is 0 Å². The molecule has 2 N–H and O–H groups in total. The van der Waals surface area contributed by atoms with Crippen molar-refractivity contribution < 1.29 is 19.4 Å². The molecule has 0 aliphatic rings. The van der Waals surface area contributed by atoms with Gasteiger partial charge in [-0.25, -0.2) is 4.79 Å². The first-order chi connectivity index (χ1) is 11.0. The van der Waals surface area contributed by atoms with Crippen LogP contribution in [0.4, 0.5) is 5.69 Å². The van der Waals surface area contributed by atoms with Crippen LogP contribution in [0, 0.1) is 5.92 Å². The predicted octanol–water partition coefficient (Wildman–Crippen LogP) is 3.67. The van der Waals surface area contributed by atoms with Crippen LogP contribution in [0.3, 0.4) is 0 Å². The predicted molar refractivity (Wildman–Crippen MR) is 88.1 cm³/mol. The van der Waals surface area contributed by atoms with Gasteiger partial charge in [-0.3, -0.25) is 4.79 Å². The Labute approximate surface area is 134 Å². The van der Waals surface area contributed by atoms with Crippen molar-refractivity contribution in [3.8, 4) is 5.75 Å². The molecule has 120 valence electrons. The van der Waals surface area contributed by atoms with Crippen molar-refractivity contribution in [2.45, 2.75) is 13.8 Å². The third-order valence-electron chi connectivity index (χ3n) is 3.07. The van der Waals surface area contributed by atoms with Crippen LogP contribution >= 0.6 is 0 Å². The van der Waals surface area contributed by atoms with Gasteiger partial charge >= 0.3 is 5.97 Å². The molecule has 5 nitrogen and oxygen atoms in total. The number of carboxylic acid groups (broad SMARTS) is 1. The van der Waals surface area contributed by atoms with Crippen molar-refractivity contribution in [2.24, 2.45) is 5.92 Å². The number of anilines is 1. The number of benzene rings is 2. The van der Waals surface area contributed by atoms with E-state index in [1.165, 1.54) is 12.1 Å². The van der Waals surface area contributed by atoms with Crippen molar-refractivity contribution in [1.29, 1.82) is 0 Å². The molecule has 0 heterocycles. The average molecular weight is 313 g/mol. The normalized spacial score (nSPS) is 10.4. The highest BCUT2D eigenvalue weighted by Gasteiger charge is 2.13. The fourth-order valence-electron chi connectivity index (χ4n) is 1.96. The number of rotatable bonds is 6. The van der Waals surface area contributed by atoms with Crippen LogP contribution in [-0.2, 0) is 0 Å². The SMILES string of the molecule is CC(C)COc1ccccc1C(=O)Nc1cccc(C(=O)O)c1. The van der Waals surface area contributed by atoms with Crippen LogP contribution in [0.15, 0.2) is 48.5 Å². The lowest BCUT2D eigenvalue weighted by Crippen LogP contribution is -2.15. The molecule has 0 spiro atoms. The second-order valence-electron chi connectivity index (χ2n) is 5.54. The van der Waals surface area contributed by atoms with E-state index in [9.17, 15) is 9.59 Å². The molecule has 0 aliphatic carbocycles. The van der Waals surface area contributed by atoms with Crippen LogP contribution in [-0.4, -0.2) is 23.6 Å². The molecule has 0 bridgehead atoms. The number of hydrogen-bond acceptors (Lipinski definition) is 3. The highest BCUT2D eigenvalue weighted by Crippen LogP contribution is 2.21. The molecular formula is C18H19NO4.